The van der Waals surface area contributed by atoms with Crippen molar-refractivity contribution in [1.29, 1.82) is 0 Å². The van der Waals surface area contributed by atoms with Crippen molar-refractivity contribution in [3.63, 3.8) is 0 Å². The Balaban J connectivity index is 1.57. The Morgan fingerprint density at radius 3 is 2.54 bits per heavy atom. The lowest BCUT2D eigenvalue weighted by Gasteiger charge is -2.24. The Labute approximate surface area is 242 Å². The van der Waals surface area contributed by atoms with Gasteiger partial charge in [0.1, 0.15) is 18.1 Å². The molecule has 0 amide bonds. The van der Waals surface area contributed by atoms with Crippen LogP contribution in [0.2, 0.25) is 0 Å². The SMILES string of the molecule is CCOC(=O)C1=C(C)N=c2sc(=Cc3ccc(OC)c(COc4cccc(C)c4C)c3)c(=O)n2[C@H]1c1ccccc1. The highest BCUT2D eigenvalue weighted by Crippen LogP contribution is 2.30. The van der Waals surface area contributed by atoms with Crippen molar-refractivity contribution >= 4 is 23.4 Å². The van der Waals surface area contributed by atoms with Crippen LogP contribution in [0.3, 0.4) is 0 Å². The van der Waals surface area contributed by atoms with Gasteiger partial charge >= 0.3 is 5.97 Å². The monoisotopic (exact) mass is 568 g/mol. The Hall–Kier alpha value is -4.43. The number of rotatable bonds is 8. The van der Waals surface area contributed by atoms with Gasteiger partial charge in [0.25, 0.3) is 5.56 Å². The quantitative estimate of drug-likeness (QED) is 0.280. The molecule has 0 fully saturated rings. The highest BCUT2D eigenvalue weighted by molar-refractivity contribution is 7.07. The van der Waals surface area contributed by atoms with E-state index in [4.69, 9.17) is 14.2 Å². The average molecular weight is 569 g/mol. The number of benzene rings is 3. The van der Waals surface area contributed by atoms with Crippen molar-refractivity contribution in [3.8, 4) is 11.5 Å². The zero-order valence-electron chi connectivity index (χ0n) is 23.8. The zero-order chi connectivity index (χ0) is 29.1. The lowest BCUT2D eigenvalue weighted by Crippen LogP contribution is -2.39. The molecule has 4 aromatic rings. The third-order valence-corrected chi connectivity index (χ3v) is 8.16. The normalized spacial score (nSPS) is 14.9. The molecule has 1 aliphatic heterocycles. The third kappa shape index (κ3) is 5.60. The number of thiazole rings is 1. The maximum atomic E-state index is 13.9. The molecular formula is C33H32N2O5S. The number of carbonyl (C=O) groups excluding carboxylic acids is 1. The summed E-state index contributed by atoms with van der Waals surface area (Å²) in [7, 11) is 1.63. The second kappa shape index (κ2) is 12.0. The lowest BCUT2D eigenvalue weighted by molar-refractivity contribution is -0.139. The van der Waals surface area contributed by atoms with Gasteiger partial charge in [-0.25, -0.2) is 9.79 Å². The van der Waals surface area contributed by atoms with Crippen LogP contribution in [0.15, 0.2) is 87.8 Å². The van der Waals surface area contributed by atoms with E-state index in [9.17, 15) is 9.59 Å². The van der Waals surface area contributed by atoms with Crippen molar-refractivity contribution in [2.75, 3.05) is 13.7 Å². The molecule has 210 valence electrons. The van der Waals surface area contributed by atoms with E-state index in [0.717, 1.165) is 33.6 Å². The summed E-state index contributed by atoms with van der Waals surface area (Å²) in [6.45, 7) is 8.18. The van der Waals surface area contributed by atoms with Gasteiger partial charge in [-0.1, -0.05) is 59.9 Å². The summed E-state index contributed by atoms with van der Waals surface area (Å²) in [4.78, 5) is 32.1. The molecule has 0 N–H and O–H groups in total. The summed E-state index contributed by atoms with van der Waals surface area (Å²) in [5.74, 6) is 1.05. The van der Waals surface area contributed by atoms with Crippen LogP contribution in [-0.2, 0) is 16.1 Å². The molecule has 1 aliphatic rings. The van der Waals surface area contributed by atoms with Crippen molar-refractivity contribution in [2.45, 2.75) is 40.3 Å². The number of methoxy groups -OCH3 is 1. The molecule has 2 heterocycles. The van der Waals surface area contributed by atoms with Gasteiger partial charge in [-0.15, -0.1) is 0 Å². The van der Waals surface area contributed by atoms with Crippen molar-refractivity contribution < 1.29 is 19.0 Å². The predicted molar refractivity (Wildman–Crippen MR) is 160 cm³/mol. The largest absolute Gasteiger partial charge is 0.496 e. The summed E-state index contributed by atoms with van der Waals surface area (Å²) >= 11 is 1.30. The predicted octanol–water partition coefficient (Wildman–Crippen LogP) is 5.00. The van der Waals surface area contributed by atoms with Crippen LogP contribution in [0.25, 0.3) is 6.08 Å². The second-order valence-electron chi connectivity index (χ2n) is 9.77. The van der Waals surface area contributed by atoms with E-state index in [0.29, 0.717) is 33.0 Å². The molecule has 3 aromatic carbocycles. The second-order valence-corrected chi connectivity index (χ2v) is 10.8. The van der Waals surface area contributed by atoms with E-state index in [2.05, 4.69) is 18.0 Å². The van der Waals surface area contributed by atoms with Gasteiger partial charge in [-0.05, 0) is 74.2 Å². The molecule has 1 aromatic heterocycles. The first kappa shape index (κ1) is 28.1. The Kier molecular flexibility index (Phi) is 8.21. The van der Waals surface area contributed by atoms with Crippen LogP contribution in [0.1, 0.15) is 47.7 Å². The van der Waals surface area contributed by atoms with Gasteiger partial charge in [-0.2, -0.15) is 0 Å². The highest BCUT2D eigenvalue weighted by Gasteiger charge is 2.33. The van der Waals surface area contributed by atoms with Crippen LogP contribution in [0, 0.1) is 13.8 Å². The molecule has 0 spiro atoms. The number of hydrogen-bond donors (Lipinski definition) is 0. The summed E-state index contributed by atoms with van der Waals surface area (Å²) in [6, 6.07) is 20.6. The van der Waals surface area contributed by atoms with Gasteiger partial charge in [0.15, 0.2) is 4.80 Å². The van der Waals surface area contributed by atoms with Crippen molar-refractivity contribution in [3.05, 3.63) is 126 Å². The fourth-order valence-electron chi connectivity index (χ4n) is 4.93. The minimum Gasteiger partial charge on any atom is -0.496 e. The summed E-state index contributed by atoms with van der Waals surface area (Å²) in [5.41, 5.74) is 5.44. The number of aryl methyl sites for hydroxylation is 1. The average Bonchev–Trinajstić information content (AvgIpc) is 3.27. The van der Waals surface area contributed by atoms with Crippen LogP contribution in [-0.4, -0.2) is 24.3 Å². The number of carbonyl (C=O) groups is 1. The molecule has 0 saturated heterocycles. The Morgan fingerprint density at radius 1 is 1.02 bits per heavy atom. The minimum absolute atomic E-state index is 0.221. The first-order valence-electron chi connectivity index (χ1n) is 13.4. The summed E-state index contributed by atoms with van der Waals surface area (Å²) in [5, 5.41) is 0. The van der Waals surface area contributed by atoms with Crippen molar-refractivity contribution in [2.24, 2.45) is 4.99 Å². The molecule has 0 bridgehead atoms. The lowest BCUT2D eigenvalue weighted by atomic mass is 9.96. The first-order chi connectivity index (χ1) is 19.8. The number of aromatic nitrogens is 1. The van der Waals surface area contributed by atoms with E-state index >= 15 is 0 Å². The van der Waals surface area contributed by atoms with Crippen LogP contribution in [0.5, 0.6) is 11.5 Å². The number of nitrogens with zero attached hydrogens (tertiary/aromatic N) is 2. The van der Waals surface area contributed by atoms with E-state index in [1.807, 2.05) is 73.7 Å². The van der Waals surface area contributed by atoms with Gasteiger partial charge in [0.2, 0.25) is 0 Å². The van der Waals surface area contributed by atoms with Gasteiger partial charge < -0.3 is 14.2 Å². The number of fused-ring (bicyclic) bond motifs is 1. The molecule has 5 rings (SSSR count). The number of ether oxygens (including phenoxy) is 3. The van der Waals surface area contributed by atoms with E-state index in [1.165, 1.54) is 11.3 Å². The van der Waals surface area contributed by atoms with Crippen LogP contribution >= 0.6 is 11.3 Å². The third-order valence-electron chi connectivity index (χ3n) is 7.17. The van der Waals surface area contributed by atoms with Gasteiger partial charge in [0.05, 0.1) is 35.6 Å². The summed E-state index contributed by atoms with van der Waals surface area (Å²) < 4.78 is 19.2. The Bertz CT molecular complexity index is 1820. The Morgan fingerprint density at radius 2 is 1.80 bits per heavy atom. The molecule has 0 radical (unpaired) electrons. The molecular weight excluding hydrogens is 536 g/mol. The molecule has 0 saturated carbocycles. The molecule has 8 heteroatoms. The fraction of sp³-hybridized carbons (Fsp3) is 0.242. The molecule has 0 unspecified atom stereocenters. The maximum absolute atomic E-state index is 13.9. The smallest absolute Gasteiger partial charge is 0.338 e. The van der Waals surface area contributed by atoms with Gasteiger partial charge in [0, 0.05) is 5.56 Å². The van der Waals surface area contributed by atoms with Gasteiger partial charge in [-0.3, -0.25) is 9.36 Å². The first-order valence-corrected chi connectivity index (χ1v) is 14.2. The number of hydrogen-bond acceptors (Lipinski definition) is 7. The maximum Gasteiger partial charge on any atom is 0.338 e. The molecule has 7 nitrogen and oxygen atoms in total. The fourth-order valence-corrected chi connectivity index (χ4v) is 5.98. The number of esters is 1. The molecule has 41 heavy (non-hydrogen) atoms. The molecule has 1 atom stereocenters. The molecule has 0 aliphatic carbocycles. The highest BCUT2D eigenvalue weighted by atomic mass is 32.1. The minimum atomic E-state index is -0.633. The van der Waals surface area contributed by atoms with Crippen LogP contribution in [0.4, 0.5) is 0 Å². The van der Waals surface area contributed by atoms with E-state index < -0.39 is 12.0 Å². The van der Waals surface area contributed by atoms with Crippen LogP contribution < -0.4 is 24.4 Å². The van der Waals surface area contributed by atoms with E-state index in [1.54, 1.807) is 25.5 Å². The number of allylic oxidation sites excluding steroid dienone is 1. The van der Waals surface area contributed by atoms with Crippen molar-refractivity contribution in [1.82, 2.24) is 4.57 Å². The topological polar surface area (TPSA) is 79.1 Å². The van der Waals surface area contributed by atoms with E-state index in [-0.39, 0.29) is 12.2 Å². The summed E-state index contributed by atoms with van der Waals surface area (Å²) in [6.07, 6.45) is 1.84. The zero-order valence-corrected chi connectivity index (χ0v) is 24.6. The standard InChI is InChI=1S/C33H32N2O5S/c1-6-39-32(37)29-22(4)34-33-35(30(29)24-12-8-7-9-13-24)31(36)28(41-33)18-23-15-16-27(38-5)25(17-23)19-40-26-14-10-11-20(2)21(26)3/h7-18,30H,6,19H2,1-5H3/t30-/m0/s1.